The lowest BCUT2D eigenvalue weighted by molar-refractivity contribution is 0.204. The first-order chi connectivity index (χ1) is 9.50. The molecule has 1 aromatic rings. The topological polar surface area (TPSA) is 81.2 Å². The zero-order chi connectivity index (χ0) is 14.8. The molecular weight excluding hydrogens is 276 g/mol. The molecular formula is C13H24N4O2S. The average molecular weight is 300 g/mol. The molecule has 0 radical (unpaired) electrons. The summed E-state index contributed by atoms with van der Waals surface area (Å²) < 4.78 is 28.5. The van der Waals surface area contributed by atoms with Gasteiger partial charge in [0.05, 0.1) is 6.33 Å². The summed E-state index contributed by atoms with van der Waals surface area (Å²) in [6, 6.07) is -0.00877. The first-order valence-electron chi connectivity index (χ1n) is 7.20. The monoisotopic (exact) mass is 300 g/mol. The summed E-state index contributed by atoms with van der Waals surface area (Å²) in [4.78, 5) is 4.03. The third-order valence-electron chi connectivity index (χ3n) is 4.26. The van der Waals surface area contributed by atoms with E-state index in [2.05, 4.69) is 4.98 Å². The van der Waals surface area contributed by atoms with Crippen molar-refractivity contribution in [1.82, 2.24) is 13.9 Å². The van der Waals surface area contributed by atoms with Gasteiger partial charge in [0.1, 0.15) is 0 Å². The zero-order valence-electron chi connectivity index (χ0n) is 12.2. The van der Waals surface area contributed by atoms with Crippen molar-refractivity contribution < 1.29 is 8.42 Å². The molecule has 0 saturated heterocycles. The quantitative estimate of drug-likeness (QED) is 0.881. The van der Waals surface area contributed by atoms with Crippen molar-refractivity contribution in [1.29, 1.82) is 0 Å². The molecule has 1 fully saturated rings. The minimum absolute atomic E-state index is 0.00877. The molecule has 2 rings (SSSR count). The number of sulfonamides is 1. The first-order valence-corrected chi connectivity index (χ1v) is 8.64. The maximum atomic E-state index is 12.6. The lowest BCUT2D eigenvalue weighted by Gasteiger charge is -2.36. The van der Waals surface area contributed by atoms with Crippen LogP contribution in [0.15, 0.2) is 17.6 Å². The Balaban J connectivity index is 2.23. The molecule has 6 nitrogen and oxygen atoms in total. The molecule has 2 N–H and O–H groups in total. The van der Waals surface area contributed by atoms with E-state index in [-0.39, 0.29) is 17.0 Å². The van der Waals surface area contributed by atoms with E-state index in [9.17, 15) is 8.42 Å². The number of nitrogens with zero attached hydrogens (tertiary/aromatic N) is 3. The van der Waals surface area contributed by atoms with Crippen molar-refractivity contribution >= 4 is 10.0 Å². The second-order valence-corrected chi connectivity index (χ2v) is 7.36. The largest absolute Gasteiger partial charge is 0.336 e. The van der Waals surface area contributed by atoms with Crippen LogP contribution in [0.25, 0.3) is 0 Å². The highest BCUT2D eigenvalue weighted by molar-refractivity contribution is 7.89. The Morgan fingerprint density at radius 2 is 2.15 bits per heavy atom. The van der Waals surface area contributed by atoms with Gasteiger partial charge in [-0.25, -0.2) is 13.4 Å². The highest BCUT2D eigenvalue weighted by Crippen LogP contribution is 2.30. The lowest BCUT2D eigenvalue weighted by atomic mass is 9.85. The molecule has 1 heterocycles. The van der Waals surface area contributed by atoms with Crippen molar-refractivity contribution in [3.05, 3.63) is 12.5 Å². The van der Waals surface area contributed by atoms with Crippen LogP contribution in [-0.2, 0) is 16.6 Å². The van der Waals surface area contributed by atoms with Crippen molar-refractivity contribution in [2.24, 2.45) is 11.7 Å². The third-order valence-corrected chi connectivity index (χ3v) is 6.03. The summed E-state index contributed by atoms with van der Waals surface area (Å²) in [5.74, 6) is 0.247. The second kappa shape index (κ2) is 6.24. The van der Waals surface area contributed by atoms with Gasteiger partial charge in [-0.1, -0.05) is 12.8 Å². The summed E-state index contributed by atoms with van der Waals surface area (Å²) in [6.45, 7) is 3.20. The molecule has 7 heteroatoms. The Kier molecular flexibility index (Phi) is 4.82. The van der Waals surface area contributed by atoms with Gasteiger partial charge in [0.25, 0.3) is 10.0 Å². The van der Waals surface area contributed by atoms with Gasteiger partial charge in [-0.2, -0.15) is 4.31 Å². The summed E-state index contributed by atoms with van der Waals surface area (Å²) in [5, 5.41) is 0.128. The van der Waals surface area contributed by atoms with E-state index >= 15 is 0 Å². The number of rotatable bonds is 5. The molecule has 1 aliphatic rings. The molecule has 2 atom stereocenters. The molecule has 20 heavy (non-hydrogen) atoms. The van der Waals surface area contributed by atoms with Crippen LogP contribution in [0.2, 0.25) is 0 Å². The molecule has 0 aliphatic heterocycles. The maximum absolute atomic E-state index is 12.6. The molecule has 1 aliphatic carbocycles. The van der Waals surface area contributed by atoms with Gasteiger partial charge in [0.2, 0.25) is 0 Å². The van der Waals surface area contributed by atoms with E-state index in [1.54, 1.807) is 24.1 Å². The average Bonchev–Trinajstić information content (AvgIpc) is 2.96. The molecule has 2 unspecified atom stereocenters. The number of imidazole rings is 1. The smallest absolute Gasteiger partial charge is 0.262 e. The Morgan fingerprint density at radius 1 is 1.45 bits per heavy atom. The van der Waals surface area contributed by atoms with Crippen LogP contribution in [0, 0.1) is 5.92 Å². The lowest BCUT2D eigenvalue weighted by Crippen LogP contribution is -2.45. The molecule has 1 aromatic heterocycles. The molecule has 0 bridgehead atoms. The molecule has 0 amide bonds. The number of aromatic nitrogens is 2. The van der Waals surface area contributed by atoms with Crippen LogP contribution in [-0.4, -0.2) is 41.9 Å². The Labute approximate surface area is 121 Å². The normalized spacial score (nSPS) is 24.2. The molecule has 114 valence electrons. The van der Waals surface area contributed by atoms with Crippen LogP contribution < -0.4 is 5.73 Å². The fourth-order valence-electron chi connectivity index (χ4n) is 2.91. The Bertz CT molecular complexity index is 540. The van der Waals surface area contributed by atoms with Crippen molar-refractivity contribution in [3.63, 3.8) is 0 Å². The summed E-state index contributed by atoms with van der Waals surface area (Å²) >= 11 is 0. The predicted octanol–water partition coefficient (Wildman–Crippen LogP) is 1.04. The van der Waals surface area contributed by atoms with Gasteiger partial charge in [-0.15, -0.1) is 0 Å². The first kappa shape index (κ1) is 15.5. The van der Waals surface area contributed by atoms with Gasteiger partial charge in [0.15, 0.2) is 5.03 Å². The second-order valence-electron chi connectivity index (χ2n) is 5.41. The van der Waals surface area contributed by atoms with Crippen molar-refractivity contribution in [3.8, 4) is 0 Å². The van der Waals surface area contributed by atoms with Gasteiger partial charge in [0, 0.05) is 25.8 Å². The highest BCUT2D eigenvalue weighted by atomic mass is 32.2. The molecule has 0 aromatic carbocycles. The van der Waals surface area contributed by atoms with Gasteiger partial charge in [-0.05, 0) is 32.2 Å². The summed E-state index contributed by atoms with van der Waals surface area (Å²) in [5.41, 5.74) is 5.80. The van der Waals surface area contributed by atoms with E-state index in [4.69, 9.17) is 5.73 Å². The van der Waals surface area contributed by atoms with E-state index < -0.39 is 10.0 Å². The van der Waals surface area contributed by atoms with E-state index in [0.29, 0.717) is 13.1 Å². The van der Waals surface area contributed by atoms with Crippen LogP contribution >= 0.6 is 0 Å². The fraction of sp³-hybridized carbons (Fsp3) is 0.769. The minimum atomic E-state index is -3.53. The van der Waals surface area contributed by atoms with Crippen molar-refractivity contribution in [2.45, 2.75) is 50.2 Å². The number of nitrogens with two attached hydrogens (primary N) is 1. The Morgan fingerprint density at radius 3 is 2.75 bits per heavy atom. The molecule has 1 saturated carbocycles. The van der Waals surface area contributed by atoms with Crippen molar-refractivity contribution in [2.75, 3.05) is 13.6 Å². The van der Waals surface area contributed by atoms with E-state index in [1.165, 1.54) is 4.31 Å². The van der Waals surface area contributed by atoms with Crippen LogP contribution in [0.3, 0.4) is 0 Å². The Hall–Kier alpha value is -0.920. The summed E-state index contributed by atoms with van der Waals surface area (Å²) in [6.07, 6.45) is 7.23. The predicted molar refractivity (Wildman–Crippen MR) is 77.7 cm³/mol. The SMILES string of the molecule is CCn1cnc(S(=O)(=O)N(C)C2CCCCC2CN)c1. The summed E-state index contributed by atoms with van der Waals surface area (Å²) in [7, 11) is -1.87. The van der Waals surface area contributed by atoms with Gasteiger partial charge >= 0.3 is 0 Å². The maximum Gasteiger partial charge on any atom is 0.262 e. The molecule has 0 spiro atoms. The zero-order valence-corrected chi connectivity index (χ0v) is 13.0. The number of hydrogen-bond donors (Lipinski definition) is 1. The number of hydrogen-bond acceptors (Lipinski definition) is 4. The fourth-order valence-corrected chi connectivity index (χ4v) is 4.29. The van der Waals surface area contributed by atoms with Gasteiger partial charge < -0.3 is 10.3 Å². The van der Waals surface area contributed by atoms with E-state index in [1.807, 2.05) is 6.92 Å². The number of aryl methyl sites for hydroxylation is 1. The highest BCUT2D eigenvalue weighted by Gasteiger charge is 2.35. The standard InChI is InChI=1S/C13H24N4O2S/c1-3-17-9-13(15-10-17)20(18,19)16(2)12-7-5-4-6-11(12)8-14/h9-12H,3-8,14H2,1-2H3. The third kappa shape index (κ3) is 2.89. The van der Waals surface area contributed by atoms with Crippen LogP contribution in [0.1, 0.15) is 32.6 Å². The van der Waals surface area contributed by atoms with Crippen LogP contribution in [0.4, 0.5) is 0 Å². The van der Waals surface area contributed by atoms with Crippen LogP contribution in [0.5, 0.6) is 0 Å². The van der Waals surface area contributed by atoms with E-state index in [0.717, 1.165) is 25.7 Å². The minimum Gasteiger partial charge on any atom is -0.336 e. The van der Waals surface area contributed by atoms with Gasteiger partial charge in [-0.3, -0.25) is 0 Å².